The molecule has 9 nitrogen and oxygen atoms in total. The summed E-state index contributed by atoms with van der Waals surface area (Å²) in [7, 11) is 0. The van der Waals surface area contributed by atoms with Crippen LogP contribution in [0.4, 0.5) is 0 Å². The Morgan fingerprint density at radius 1 is 1.18 bits per heavy atom. The molecule has 0 aromatic heterocycles. The van der Waals surface area contributed by atoms with Gasteiger partial charge in [-0.05, 0) is 39.2 Å². The second-order valence-corrected chi connectivity index (χ2v) is 10.3. The normalized spacial score (nSPS) is 46.8. The zero-order valence-electron chi connectivity index (χ0n) is 20.0. The van der Waals surface area contributed by atoms with E-state index in [1.54, 1.807) is 26.8 Å². The molecule has 0 amide bonds. The fraction of sp³-hybridized carbons (Fsp3) is 0.750. The van der Waals surface area contributed by atoms with E-state index in [1.807, 2.05) is 0 Å². The van der Waals surface area contributed by atoms with Gasteiger partial charge >= 0.3 is 17.9 Å². The number of hydrogen-bond donors (Lipinski definition) is 2. The molecular weight excluding hydrogens is 432 g/mol. The second kappa shape index (κ2) is 8.51. The van der Waals surface area contributed by atoms with E-state index in [4.69, 9.17) is 14.2 Å². The highest BCUT2D eigenvalue weighted by molar-refractivity contribution is 5.77. The minimum Gasteiger partial charge on any atom is -0.462 e. The summed E-state index contributed by atoms with van der Waals surface area (Å²) >= 11 is 0. The van der Waals surface area contributed by atoms with Crippen molar-refractivity contribution in [3.8, 4) is 0 Å². The molecule has 9 atom stereocenters. The van der Waals surface area contributed by atoms with Gasteiger partial charge in [-0.1, -0.05) is 19.4 Å². The maximum Gasteiger partial charge on any atom is 0.312 e. The molecule has 2 fully saturated rings. The SMILES string of the molecule is CC(=O)O[C@H]1C[C@](C)(C=O)[C@H]2[C@@H](O)[C@@]3(O)[C@H](/C=C(/C)CC[C@@H](OC(C)=O)[C@@]12C)OC(=O)[C@@H]3C. The van der Waals surface area contributed by atoms with Crippen molar-refractivity contribution < 1.29 is 43.6 Å². The number of aliphatic hydroxyl groups is 2. The van der Waals surface area contributed by atoms with Gasteiger partial charge in [-0.2, -0.15) is 0 Å². The molecule has 0 bridgehead atoms. The van der Waals surface area contributed by atoms with Gasteiger partial charge in [0.25, 0.3) is 0 Å². The maximum atomic E-state index is 12.5. The van der Waals surface area contributed by atoms with Crippen molar-refractivity contribution in [3.63, 3.8) is 0 Å². The summed E-state index contributed by atoms with van der Waals surface area (Å²) < 4.78 is 16.8. The van der Waals surface area contributed by atoms with Gasteiger partial charge in [0.05, 0.1) is 12.0 Å². The summed E-state index contributed by atoms with van der Waals surface area (Å²) in [5.41, 5.74) is -3.77. The van der Waals surface area contributed by atoms with E-state index in [1.165, 1.54) is 20.8 Å². The number of carbonyl (C=O) groups excluding carboxylic acids is 4. The minimum absolute atomic E-state index is 0.0579. The first-order valence-electron chi connectivity index (χ1n) is 11.3. The number of fused-ring (bicyclic) bond motifs is 2. The van der Waals surface area contributed by atoms with E-state index in [-0.39, 0.29) is 6.42 Å². The molecule has 1 saturated heterocycles. The summed E-state index contributed by atoms with van der Waals surface area (Å²) in [5, 5.41) is 23.6. The van der Waals surface area contributed by atoms with Crippen LogP contribution < -0.4 is 0 Å². The van der Waals surface area contributed by atoms with Gasteiger partial charge < -0.3 is 29.2 Å². The van der Waals surface area contributed by atoms with E-state index < -0.39 is 70.6 Å². The molecule has 1 aliphatic heterocycles. The Balaban J connectivity index is 2.29. The first-order chi connectivity index (χ1) is 15.2. The monoisotopic (exact) mass is 466 g/mol. The molecule has 0 radical (unpaired) electrons. The van der Waals surface area contributed by atoms with Crippen LogP contribution >= 0.6 is 0 Å². The lowest BCUT2D eigenvalue weighted by atomic mass is 9.59. The van der Waals surface area contributed by atoms with Gasteiger partial charge in [0.2, 0.25) is 0 Å². The highest BCUT2D eigenvalue weighted by atomic mass is 16.6. The quantitative estimate of drug-likeness (QED) is 0.274. The minimum atomic E-state index is -2.04. The Labute approximate surface area is 193 Å². The molecule has 0 aromatic rings. The Morgan fingerprint density at radius 2 is 1.76 bits per heavy atom. The maximum absolute atomic E-state index is 12.5. The average molecular weight is 467 g/mol. The number of esters is 3. The van der Waals surface area contributed by atoms with Crippen molar-refractivity contribution in [2.45, 2.75) is 90.8 Å². The lowest BCUT2D eigenvalue weighted by Gasteiger charge is -2.49. The number of hydrogen-bond acceptors (Lipinski definition) is 9. The number of aldehydes is 1. The summed E-state index contributed by atoms with van der Waals surface area (Å²) in [4.78, 5) is 49.0. The fourth-order valence-corrected chi connectivity index (χ4v) is 6.27. The zero-order valence-corrected chi connectivity index (χ0v) is 20.0. The van der Waals surface area contributed by atoms with Crippen LogP contribution in [-0.4, -0.2) is 64.4 Å². The lowest BCUT2D eigenvalue weighted by Crippen LogP contribution is -2.63. The first kappa shape index (κ1) is 25.4. The predicted molar refractivity (Wildman–Crippen MR) is 114 cm³/mol. The Morgan fingerprint density at radius 3 is 2.30 bits per heavy atom. The van der Waals surface area contributed by atoms with Crippen molar-refractivity contribution in [1.82, 2.24) is 0 Å². The van der Waals surface area contributed by atoms with Crippen molar-refractivity contribution >= 4 is 24.2 Å². The summed E-state index contributed by atoms with van der Waals surface area (Å²) in [6.45, 7) is 9.10. The van der Waals surface area contributed by atoms with Crippen molar-refractivity contribution in [2.24, 2.45) is 22.7 Å². The van der Waals surface area contributed by atoms with Gasteiger partial charge in [0.1, 0.15) is 24.1 Å². The topological polar surface area (TPSA) is 136 Å². The number of aliphatic hydroxyl groups excluding tert-OH is 1. The molecule has 33 heavy (non-hydrogen) atoms. The largest absolute Gasteiger partial charge is 0.462 e. The molecule has 2 N–H and O–H groups in total. The molecule has 9 heteroatoms. The van der Waals surface area contributed by atoms with Crippen LogP contribution in [0.1, 0.15) is 60.8 Å². The molecule has 2 aliphatic carbocycles. The summed E-state index contributed by atoms with van der Waals surface area (Å²) in [5.74, 6) is -3.90. The summed E-state index contributed by atoms with van der Waals surface area (Å²) in [6, 6.07) is 0. The Bertz CT molecular complexity index is 881. The highest BCUT2D eigenvalue weighted by Crippen LogP contribution is 2.61. The van der Waals surface area contributed by atoms with Crippen LogP contribution in [0.3, 0.4) is 0 Å². The third-order valence-electron chi connectivity index (χ3n) is 8.05. The van der Waals surface area contributed by atoms with Gasteiger partial charge in [-0.3, -0.25) is 14.4 Å². The van der Waals surface area contributed by atoms with Crippen LogP contribution in [-0.2, 0) is 33.4 Å². The molecule has 3 aliphatic rings. The molecule has 0 spiro atoms. The van der Waals surface area contributed by atoms with Crippen LogP contribution in [0, 0.1) is 22.7 Å². The number of ether oxygens (including phenoxy) is 3. The van der Waals surface area contributed by atoms with Gasteiger partial charge in [0.15, 0.2) is 6.10 Å². The zero-order chi connectivity index (χ0) is 24.9. The lowest BCUT2D eigenvalue weighted by molar-refractivity contribution is -0.201. The summed E-state index contributed by atoms with van der Waals surface area (Å²) in [6.07, 6.45) is -1.37. The van der Waals surface area contributed by atoms with Crippen LogP contribution in [0.5, 0.6) is 0 Å². The van der Waals surface area contributed by atoms with Gasteiger partial charge in [0, 0.05) is 30.6 Å². The van der Waals surface area contributed by atoms with Crippen molar-refractivity contribution in [2.75, 3.05) is 0 Å². The van der Waals surface area contributed by atoms with E-state index in [9.17, 15) is 29.4 Å². The average Bonchev–Trinajstić information content (AvgIpc) is 3.07. The van der Waals surface area contributed by atoms with Crippen molar-refractivity contribution in [3.05, 3.63) is 11.6 Å². The fourth-order valence-electron chi connectivity index (χ4n) is 6.27. The molecule has 1 heterocycles. The molecular formula is C24H34O9. The first-order valence-corrected chi connectivity index (χ1v) is 11.3. The standard InChI is InChI=1S/C24H34O9/c1-12-7-8-16(31-14(3)26)23(6)18(32-15(4)27)10-22(5,11-25)19(23)20(28)24(30)13(2)21(29)33-17(24)9-12/h9,11,13,16-20,28,30H,7-8,10H2,1-6H3/b12-9-/t13-,16+,17-,18-,19+,20+,22+,23-,24-/m0/s1. The van der Waals surface area contributed by atoms with Crippen LogP contribution in [0.25, 0.3) is 0 Å². The highest BCUT2D eigenvalue weighted by Gasteiger charge is 2.71. The van der Waals surface area contributed by atoms with Gasteiger partial charge in [-0.25, -0.2) is 0 Å². The molecule has 0 aromatic carbocycles. The van der Waals surface area contributed by atoms with E-state index in [0.29, 0.717) is 19.1 Å². The number of rotatable bonds is 3. The molecule has 1 saturated carbocycles. The van der Waals surface area contributed by atoms with E-state index in [0.717, 1.165) is 5.57 Å². The predicted octanol–water partition coefficient (Wildman–Crippen LogP) is 1.47. The Kier molecular flexibility index (Phi) is 6.54. The number of carbonyl (C=O) groups is 4. The smallest absolute Gasteiger partial charge is 0.312 e. The van der Waals surface area contributed by atoms with Crippen molar-refractivity contribution in [1.29, 1.82) is 0 Å². The number of allylic oxidation sites excluding steroid dienone is 1. The molecule has 184 valence electrons. The second-order valence-electron chi connectivity index (χ2n) is 10.3. The van der Waals surface area contributed by atoms with E-state index >= 15 is 0 Å². The molecule has 0 unspecified atom stereocenters. The Hall–Kier alpha value is -2.26. The third-order valence-corrected chi connectivity index (χ3v) is 8.05. The van der Waals surface area contributed by atoms with Crippen LogP contribution in [0.2, 0.25) is 0 Å². The van der Waals surface area contributed by atoms with Crippen LogP contribution in [0.15, 0.2) is 11.6 Å². The molecule has 3 rings (SSSR count). The van der Waals surface area contributed by atoms with Gasteiger partial charge in [-0.15, -0.1) is 0 Å². The van der Waals surface area contributed by atoms with E-state index in [2.05, 4.69) is 0 Å². The third kappa shape index (κ3) is 3.89.